The van der Waals surface area contributed by atoms with Crippen molar-refractivity contribution in [3.63, 3.8) is 0 Å². The Labute approximate surface area is 191 Å². The summed E-state index contributed by atoms with van der Waals surface area (Å²) in [5.74, 6) is -0.322. The molecule has 11 heteroatoms. The number of halogens is 3. The zero-order chi connectivity index (χ0) is 23.8. The molecular formula is C22H21F3N4O3S. The smallest absolute Gasteiger partial charge is 0.406 e. The Morgan fingerprint density at radius 3 is 2.52 bits per heavy atom. The summed E-state index contributed by atoms with van der Waals surface area (Å²) in [7, 11) is 0. The number of aliphatic hydroxyl groups is 2. The van der Waals surface area contributed by atoms with Crippen molar-refractivity contribution in [3.05, 3.63) is 61.2 Å². The Hall–Kier alpha value is -3.02. The van der Waals surface area contributed by atoms with Crippen LogP contribution in [0.4, 0.5) is 18.9 Å². The van der Waals surface area contributed by atoms with Crippen molar-refractivity contribution in [2.45, 2.75) is 43.5 Å². The van der Waals surface area contributed by atoms with E-state index < -0.39 is 18.2 Å². The standard InChI is InChI=1S/C22H21F3N4O3S/c1-21(2,31)12-28-13-27-17-11-14(3-8-18(17)28)29-10-9-26-19(20(29)30)33-16-6-4-15(5-7-16)32-22(23,24)25/h3-11,13,20,30-31H,12H2,1-2H3. The van der Waals surface area contributed by atoms with Gasteiger partial charge in [-0.3, -0.25) is 0 Å². The first-order valence-electron chi connectivity index (χ1n) is 9.90. The van der Waals surface area contributed by atoms with Gasteiger partial charge in [-0.05, 0) is 56.3 Å². The van der Waals surface area contributed by atoms with E-state index in [0.717, 1.165) is 17.3 Å². The zero-order valence-corrected chi connectivity index (χ0v) is 18.5. The van der Waals surface area contributed by atoms with Crippen LogP contribution >= 0.6 is 11.8 Å². The zero-order valence-electron chi connectivity index (χ0n) is 17.7. The largest absolute Gasteiger partial charge is 0.573 e. The molecule has 7 nitrogen and oxygen atoms in total. The van der Waals surface area contributed by atoms with Crippen molar-refractivity contribution in [1.82, 2.24) is 9.55 Å². The van der Waals surface area contributed by atoms with Crippen LogP contribution in [0.5, 0.6) is 5.75 Å². The van der Waals surface area contributed by atoms with E-state index in [1.807, 2.05) is 22.8 Å². The monoisotopic (exact) mass is 478 g/mol. The summed E-state index contributed by atoms with van der Waals surface area (Å²) in [4.78, 5) is 10.8. The molecule has 1 aromatic heterocycles. The van der Waals surface area contributed by atoms with Crippen LogP contribution in [0.1, 0.15) is 13.8 Å². The van der Waals surface area contributed by atoms with E-state index in [4.69, 9.17) is 0 Å². The Bertz CT molecular complexity index is 1200. The van der Waals surface area contributed by atoms with E-state index in [-0.39, 0.29) is 5.75 Å². The minimum Gasteiger partial charge on any atom is -0.406 e. The molecule has 1 aliphatic heterocycles. The van der Waals surface area contributed by atoms with Crippen LogP contribution in [0.15, 0.2) is 71.1 Å². The summed E-state index contributed by atoms with van der Waals surface area (Å²) in [5.41, 5.74) is 1.34. The van der Waals surface area contributed by atoms with Crippen LogP contribution in [0.25, 0.3) is 11.0 Å². The number of hydrogen-bond acceptors (Lipinski definition) is 7. The Morgan fingerprint density at radius 1 is 1.12 bits per heavy atom. The first kappa shape index (κ1) is 23.1. The second kappa shape index (κ2) is 8.73. The summed E-state index contributed by atoms with van der Waals surface area (Å²) in [6.45, 7) is 3.82. The molecule has 2 aromatic carbocycles. The molecule has 1 aliphatic rings. The van der Waals surface area contributed by atoms with Gasteiger partial charge >= 0.3 is 6.36 Å². The number of anilines is 1. The van der Waals surface area contributed by atoms with Gasteiger partial charge in [-0.2, -0.15) is 0 Å². The van der Waals surface area contributed by atoms with Crippen LogP contribution in [0, 0.1) is 0 Å². The molecule has 0 aliphatic carbocycles. The number of aliphatic hydroxyl groups excluding tert-OH is 1. The number of hydrogen-bond donors (Lipinski definition) is 2. The van der Waals surface area contributed by atoms with Crippen molar-refractivity contribution in [2.75, 3.05) is 4.90 Å². The molecule has 0 saturated heterocycles. The fourth-order valence-corrected chi connectivity index (χ4v) is 4.18. The van der Waals surface area contributed by atoms with Crippen molar-refractivity contribution >= 4 is 33.5 Å². The molecular weight excluding hydrogens is 457 g/mol. The maximum Gasteiger partial charge on any atom is 0.573 e. The first-order valence-corrected chi connectivity index (χ1v) is 10.7. The summed E-state index contributed by atoms with van der Waals surface area (Å²) in [6.07, 6.45) is -1.03. The van der Waals surface area contributed by atoms with E-state index in [2.05, 4.69) is 14.7 Å². The van der Waals surface area contributed by atoms with Crippen LogP contribution in [-0.2, 0) is 6.54 Å². The molecule has 0 fully saturated rings. The normalized spacial score (nSPS) is 16.9. The van der Waals surface area contributed by atoms with Crippen molar-refractivity contribution in [1.29, 1.82) is 0 Å². The van der Waals surface area contributed by atoms with Gasteiger partial charge in [0.2, 0.25) is 0 Å². The molecule has 174 valence electrons. The highest BCUT2D eigenvalue weighted by Gasteiger charge is 2.31. The minimum atomic E-state index is -4.76. The molecule has 0 spiro atoms. The summed E-state index contributed by atoms with van der Waals surface area (Å²) >= 11 is 1.13. The topological polar surface area (TPSA) is 83.1 Å². The average Bonchev–Trinajstić information content (AvgIpc) is 3.10. The SMILES string of the molecule is CC(C)(O)Cn1cnc2cc(N3C=CN=C(Sc4ccc(OC(F)(F)F)cc4)C3O)ccc21. The van der Waals surface area contributed by atoms with E-state index >= 15 is 0 Å². The molecule has 0 amide bonds. The Kier molecular flexibility index (Phi) is 6.12. The maximum absolute atomic E-state index is 12.3. The van der Waals surface area contributed by atoms with Gasteiger partial charge in [-0.25, -0.2) is 9.98 Å². The third-order valence-electron chi connectivity index (χ3n) is 4.65. The molecule has 0 saturated carbocycles. The molecule has 0 bridgehead atoms. The fraction of sp³-hybridized carbons (Fsp3) is 0.273. The predicted octanol–water partition coefficient (Wildman–Crippen LogP) is 4.51. The lowest BCUT2D eigenvalue weighted by molar-refractivity contribution is -0.274. The number of rotatable bonds is 5. The minimum absolute atomic E-state index is 0.322. The second-order valence-electron chi connectivity index (χ2n) is 8.03. The van der Waals surface area contributed by atoms with Crippen molar-refractivity contribution in [3.8, 4) is 5.75 Å². The van der Waals surface area contributed by atoms with E-state index in [1.54, 1.807) is 31.3 Å². The highest BCUT2D eigenvalue weighted by atomic mass is 32.2. The second-order valence-corrected chi connectivity index (χ2v) is 9.12. The summed E-state index contributed by atoms with van der Waals surface area (Å²) in [6, 6.07) is 10.8. The van der Waals surface area contributed by atoms with Crippen LogP contribution in [0.2, 0.25) is 0 Å². The summed E-state index contributed by atoms with van der Waals surface area (Å²) < 4.78 is 42.7. The lowest BCUT2D eigenvalue weighted by Crippen LogP contribution is -2.38. The van der Waals surface area contributed by atoms with Gasteiger partial charge in [0.1, 0.15) is 10.8 Å². The molecule has 2 heterocycles. The van der Waals surface area contributed by atoms with E-state index in [0.29, 0.717) is 27.7 Å². The lowest BCUT2D eigenvalue weighted by Gasteiger charge is -2.29. The quantitative estimate of drug-likeness (QED) is 0.562. The van der Waals surface area contributed by atoms with Gasteiger partial charge < -0.3 is 24.4 Å². The maximum atomic E-state index is 12.3. The van der Waals surface area contributed by atoms with Crippen molar-refractivity contribution in [2.24, 2.45) is 4.99 Å². The summed E-state index contributed by atoms with van der Waals surface area (Å²) in [5, 5.41) is 21.3. The first-order chi connectivity index (χ1) is 15.5. The van der Waals surface area contributed by atoms with Gasteiger partial charge in [-0.15, -0.1) is 13.2 Å². The van der Waals surface area contributed by atoms with Crippen molar-refractivity contribution < 1.29 is 28.1 Å². The van der Waals surface area contributed by atoms with Gasteiger partial charge in [0.15, 0.2) is 6.23 Å². The number of aromatic nitrogens is 2. The van der Waals surface area contributed by atoms with Crippen LogP contribution in [0.3, 0.4) is 0 Å². The van der Waals surface area contributed by atoms with Gasteiger partial charge in [0.25, 0.3) is 0 Å². The number of imidazole rings is 1. The van der Waals surface area contributed by atoms with Gasteiger partial charge in [-0.1, -0.05) is 11.8 Å². The molecule has 1 atom stereocenters. The highest BCUT2D eigenvalue weighted by molar-refractivity contribution is 8.14. The predicted molar refractivity (Wildman–Crippen MR) is 120 cm³/mol. The van der Waals surface area contributed by atoms with E-state index in [1.165, 1.54) is 30.5 Å². The third-order valence-corrected chi connectivity index (χ3v) is 5.69. The van der Waals surface area contributed by atoms with Crippen LogP contribution in [-0.4, -0.2) is 43.0 Å². The third kappa shape index (κ3) is 5.67. The molecule has 2 N–H and O–H groups in total. The highest BCUT2D eigenvalue weighted by Crippen LogP contribution is 2.31. The number of aliphatic imine (C=N–C) groups is 1. The molecule has 4 rings (SSSR count). The number of ether oxygens (including phenoxy) is 1. The van der Waals surface area contributed by atoms with Crippen LogP contribution < -0.4 is 9.64 Å². The molecule has 0 radical (unpaired) electrons. The van der Waals surface area contributed by atoms with Gasteiger partial charge in [0, 0.05) is 23.0 Å². The number of alkyl halides is 3. The average molecular weight is 478 g/mol. The number of benzene rings is 2. The lowest BCUT2D eigenvalue weighted by atomic mass is 10.1. The van der Waals surface area contributed by atoms with Gasteiger partial charge in [0.05, 0.1) is 29.5 Å². The Morgan fingerprint density at radius 2 is 1.85 bits per heavy atom. The fourth-order valence-electron chi connectivity index (χ4n) is 3.34. The number of nitrogens with zero attached hydrogens (tertiary/aromatic N) is 4. The Balaban J connectivity index is 1.49. The molecule has 3 aromatic rings. The number of thioether (sulfide) groups is 1. The molecule has 33 heavy (non-hydrogen) atoms. The molecule has 1 unspecified atom stereocenters. The van der Waals surface area contributed by atoms with E-state index in [9.17, 15) is 23.4 Å². The number of fused-ring (bicyclic) bond motifs is 1.